The summed E-state index contributed by atoms with van der Waals surface area (Å²) in [5.74, 6) is 0.680. The van der Waals surface area contributed by atoms with Gasteiger partial charge in [0.15, 0.2) is 5.78 Å². The molecule has 8 aromatic rings. The van der Waals surface area contributed by atoms with E-state index in [4.69, 9.17) is 9.97 Å². The molecule has 2 aliphatic heterocycles. The van der Waals surface area contributed by atoms with Crippen LogP contribution in [0.3, 0.4) is 0 Å². The van der Waals surface area contributed by atoms with Crippen molar-refractivity contribution in [3.05, 3.63) is 201 Å². The monoisotopic (exact) mass is 1020 g/mol. The fourth-order valence-corrected chi connectivity index (χ4v) is 9.24. The van der Waals surface area contributed by atoms with Crippen molar-refractivity contribution in [1.82, 2.24) is 29.1 Å². The third-order valence-electron chi connectivity index (χ3n) is 12.7. The summed E-state index contributed by atoms with van der Waals surface area (Å²) in [7, 11) is 0. The van der Waals surface area contributed by atoms with Crippen LogP contribution in [-0.2, 0) is 43.1 Å². The maximum absolute atomic E-state index is 13.9. The molecule has 0 atom stereocenters. The zero-order chi connectivity index (χ0) is 52.7. The molecule has 0 fully saturated rings. The highest BCUT2D eigenvalue weighted by atomic mass is 19.4. The molecule has 0 spiro atoms. The van der Waals surface area contributed by atoms with Crippen LogP contribution in [0.15, 0.2) is 173 Å². The number of nitrogens with zero attached hydrogens (tertiary/aromatic N) is 9. The third-order valence-corrected chi connectivity index (χ3v) is 12.7. The first-order chi connectivity index (χ1) is 36.2. The quantitative estimate of drug-likeness (QED) is 0.0542. The van der Waals surface area contributed by atoms with Crippen molar-refractivity contribution in [1.29, 1.82) is 0 Å². The first-order valence-electron chi connectivity index (χ1n) is 23.9. The van der Waals surface area contributed by atoms with Crippen molar-refractivity contribution >= 4 is 23.4 Å². The van der Waals surface area contributed by atoms with E-state index in [0.29, 0.717) is 74.2 Å². The lowest BCUT2D eigenvalue weighted by Gasteiger charge is -2.32. The average Bonchev–Trinajstić information content (AvgIpc) is 3.42. The van der Waals surface area contributed by atoms with Gasteiger partial charge in [-0.05, 0) is 83.6 Å². The number of hydrogen-bond donors (Lipinski definition) is 1. The summed E-state index contributed by atoms with van der Waals surface area (Å²) in [6.45, 7) is 2.12. The Morgan fingerprint density at radius 1 is 0.520 bits per heavy atom. The molecule has 382 valence electrons. The van der Waals surface area contributed by atoms with E-state index in [1.54, 1.807) is 29.2 Å². The Labute approximate surface area is 425 Å². The fourth-order valence-electron chi connectivity index (χ4n) is 9.24. The molecule has 0 unspecified atom stereocenters. The van der Waals surface area contributed by atoms with Gasteiger partial charge in [-0.3, -0.25) is 33.5 Å². The first kappa shape index (κ1) is 51.2. The molecule has 75 heavy (non-hydrogen) atoms. The molecule has 0 saturated heterocycles. The zero-order valence-corrected chi connectivity index (χ0v) is 40.0. The number of anilines is 2. The van der Waals surface area contributed by atoms with E-state index in [2.05, 4.69) is 15.1 Å². The molecule has 19 heteroatoms. The minimum atomic E-state index is -4.56. The Balaban J connectivity index is 0.000000184. The number of hydrogen-bond acceptors (Lipinski definition) is 11. The summed E-state index contributed by atoms with van der Waals surface area (Å²) >= 11 is 0. The smallest absolute Gasteiger partial charge is 0.411 e. The van der Waals surface area contributed by atoms with Gasteiger partial charge in [0.25, 0.3) is 11.1 Å². The van der Waals surface area contributed by atoms with Gasteiger partial charge in [-0.2, -0.15) is 26.3 Å². The highest BCUT2D eigenvalue weighted by Gasteiger charge is 2.34. The second-order valence-corrected chi connectivity index (χ2v) is 17.9. The number of fused-ring (bicyclic) bond motifs is 2. The topological polar surface area (TPSA) is 152 Å². The van der Waals surface area contributed by atoms with Crippen molar-refractivity contribution in [2.75, 3.05) is 36.0 Å². The Bertz CT molecular complexity index is 3460. The Kier molecular flexibility index (Phi) is 15.1. The molecular formula is C56H47F6N9O4. The lowest BCUT2D eigenvalue weighted by Crippen LogP contribution is -2.42. The van der Waals surface area contributed by atoms with Crippen molar-refractivity contribution < 1.29 is 36.3 Å². The van der Waals surface area contributed by atoms with Crippen LogP contribution in [0.5, 0.6) is 0 Å². The van der Waals surface area contributed by atoms with Crippen molar-refractivity contribution in [3.8, 4) is 44.8 Å². The Hall–Kier alpha value is -8.74. The Morgan fingerprint density at radius 2 is 0.947 bits per heavy atom. The van der Waals surface area contributed by atoms with Gasteiger partial charge < -0.3 is 15.0 Å². The van der Waals surface area contributed by atoms with E-state index >= 15 is 0 Å². The van der Waals surface area contributed by atoms with Crippen LogP contribution in [0.4, 0.5) is 38.2 Å². The number of carbonyl (C=O) groups is 1. The molecule has 0 bridgehead atoms. The van der Waals surface area contributed by atoms with Gasteiger partial charge in [-0.1, -0.05) is 90.1 Å². The predicted octanol–water partition coefficient (Wildman–Crippen LogP) is 10.3. The summed E-state index contributed by atoms with van der Waals surface area (Å²) in [6, 6.07) is 35.0. The zero-order valence-electron chi connectivity index (χ0n) is 40.0. The summed E-state index contributed by atoms with van der Waals surface area (Å²) in [4.78, 5) is 61.8. The molecule has 4 aromatic carbocycles. The molecule has 13 nitrogen and oxygen atoms in total. The molecule has 0 amide bonds. The first-order valence-corrected chi connectivity index (χ1v) is 23.9. The third kappa shape index (κ3) is 11.7. The van der Waals surface area contributed by atoms with Crippen LogP contribution in [0.1, 0.15) is 35.1 Å². The van der Waals surface area contributed by atoms with Gasteiger partial charge in [-0.15, -0.1) is 0 Å². The SMILES string of the molecule is O=C(Cc1ccccc1)CN1CCCn2c1nc(-c1ccncc1)c(-c1cccc(C(F)(F)F)c1)c2=O.O=c1c(-c2cccc(C(F)(F)F)c2)c(-c2ccncc2)nc2n1CCCN2C/C(Cc1ccccc1)=N/O. The lowest BCUT2D eigenvalue weighted by molar-refractivity contribution is -0.138. The summed E-state index contributed by atoms with van der Waals surface area (Å²) in [6.07, 6.45) is -1.08. The number of ketones is 1. The molecule has 2 aliphatic rings. The van der Waals surface area contributed by atoms with Crippen LogP contribution >= 0.6 is 0 Å². The standard InChI is InChI=1S/C28H24F3N5O2.C28H23F3N4O2/c29-28(30,31)22-9-4-8-21(17-22)24-25(20-10-12-32-13-11-20)33-27-35(14-5-15-36(27)26(24)37)18-23(34-38)16-19-6-2-1-3-7-19;29-28(30,31)22-9-4-8-21(17-22)24-25(20-10-12-32-13-11-20)33-27-34(14-5-15-35(27)26(24)37)18-23(36)16-19-6-2-1-3-7-19/h1-4,6-13,17,38H,5,14-16,18H2;1-4,6-13,17H,5,14-16,18H2/b34-23+;. The maximum atomic E-state index is 13.9. The molecule has 0 saturated carbocycles. The molecule has 6 heterocycles. The number of alkyl halides is 6. The van der Waals surface area contributed by atoms with Crippen molar-refractivity contribution in [2.45, 2.75) is 51.1 Å². The van der Waals surface area contributed by atoms with Crippen molar-refractivity contribution in [2.24, 2.45) is 5.16 Å². The van der Waals surface area contributed by atoms with Gasteiger partial charge in [0.1, 0.15) is 0 Å². The van der Waals surface area contributed by atoms with E-state index in [1.807, 2.05) is 65.6 Å². The van der Waals surface area contributed by atoms with Gasteiger partial charge in [-0.25, -0.2) is 9.97 Å². The fraction of sp³-hybridized carbons (Fsp3) is 0.214. The number of Topliss-reactive ketones (excluding diaryl/α,β-unsaturated/α-hetero) is 1. The number of benzene rings is 4. The number of oxime groups is 1. The lowest BCUT2D eigenvalue weighted by atomic mass is 9.99. The van der Waals surface area contributed by atoms with Gasteiger partial charge in [0.2, 0.25) is 11.9 Å². The van der Waals surface area contributed by atoms with E-state index in [0.717, 1.165) is 35.4 Å². The second-order valence-electron chi connectivity index (χ2n) is 17.9. The predicted molar refractivity (Wildman–Crippen MR) is 273 cm³/mol. The largest absolute Gasteiger partial charge is 0.416 e. The van der Waals surface area contributed by atoms with Gasteiger partial charge in [0.05, 0.1) is 52.4 Å². The minimum Gasteiger partial charge on any atom is -0.411 e. The van der Waals surface area contributed by atoms with Crippen LogP contribution in [0, 0.1) is 0 Å². The summed E-state index contributed by atoms with van der Waals surface area (Å²) in [5.41, 5.74) is 1.84. The highest BCUT2D eigenvalue weighted by molar-refractivity contribution is 5.90. The number of pyridine rings is 2. The number of carbonyl (C=O) groups excluding carboxylic acids is 1. The average molecular weight is 1020 g/mol. The van der Waals surface area contributed by atoms with Crippen LogP contribution in [-0.4, -0.2) is 72.0 Å². The Morgan fingerprint density at radius 3 is 1.37 bits per heavy atom. The molecule has 1 N–H and O–H groups in total. The van der Waals surface area contributed by atoms with E-state index < -0.39 is 34.6 Å². The molecule has 0 radical (unpaired) electrons. The van der Waals surface area contributed by atoms with Gasteiger partial charge >= 0.3 is 12.4 Å². The summed E-state index contributed by atoms with van der Waals surface area (Å²) < 4.78 is 83.8. The maximum Gasteiger partial charge on any atom is 0.416 e. The van der Waals surface area contributed by atoms with Crippen LogP contribution < -0.4 is 20.9 Å². The molecule has 10 rings (SSSR count). The number of aromatic nitrogens is 6. The van der Waals surface area contributed by atoms with E-state index in [9.17, 15) is 45.9 Å². The van der Waals surface area contributed by atoms with E-state index in [-0.39, 0.29) is 58.9 Å². The second kappa shape index (κ2) is 22.2. The van der Waals surface area contributed by atoms with Crippen LogP contribution in [0.2, 0.25) is 0 Å². The van der Waals surface area contributed by atoms with E-state index in [1.165, 1.54) is 58.2 Å². The number of halogens is 6. The minimum absolute atomic E-state index is 0.0266. The molecule has 0 aliphatic carbocycles. The molecule has 4 aromatic heterocycles. The highest BCUT2D eigenvalue weighted by Crippen LogP contribution is 2.37. The number of rotatable bonds is 12. The van der Waals surface area contributed by atoms with Gasteiger partial charge in [0, 0.05) is 74.9 Å². The normalized spacial score (nSPS) is 13.6. The van der Waals surface area contributed by atoms with Crippen LogP contribution in [0.25, 0.3) is 44.8 Å². The molecular weight excluding hydrogens is 977 g/mol. The van der Waals surface area contributed by atoms with Crippen molar-refractivity contribution in [3.63, 3.8) is 0 Å². The summed E-state index contributed by atoms with van der Waals surface area (Å²) in [5, 5.41) is 13.2.